The van der Waals surface area contributed by atoms with Gasteiger partial charge in [0.15, 0.2) is 0 Å². The molecule has 6 heteroatoms. The van der Waals surface area contributed by atoms with Crippen molar-refractivity contribution >= 4 is 9.05 Å². The lowest BCUT2D eigenvalue weighted by molar-refractivity contribution is -0.0697. The van der Waals surface area contributed by atoms with E-state index >= 15 is 0 Å². The minimum Gasteiger partial charge on any atom is -0.355 e. The predicted molar refractivity (Wildman–Crippen MR) is 103 cm³/mol. The molecular weight excluding hydrogens is 346 g/mol. The van der Waals surface area contributed by atoms with Gasteiger partial charge >= 0.3 is 9.05 Å². The van der Waals surface area contributed by atoms with Crippen LogP contribution in [-0.4, -0.2) is 43.0 Å². The molecule has 2 aromatic rings. The van der Waals surface area contributed by atoms with E-state index in [0.29, 0.717) is 0 Å². The largest absolute Gasteiger partial charge is 0.679 e. The van der Waals surface area contributed by atoms with Crippen molar-refractivity contribution in [2.45, 2.75) is 24.5 Å². The summed E-state index contributed by atoms with van der Waals surface area (Å²) in [5.41, 5.74) is 1.33. The quantitative estimate of drug-likeness (QED) is 0.721. The van der Waals surface area contributed by atoms with Gasteiger partial charge in [0, 0.05) is 27.4 Å². The second kappa shape index (κ2) is 8.43. The first kappa shape index (κ1) is 19.2. The Bertz CT molecular complexity index is 625. The number of benzene rings is 2. The van der Waals surface area contributed by atoms with Gasteiger partial charge in [0.05, 0.1) is 0 Å². The molecular formula is C20H27NO4Si. The van der Waals surface area contributed by atoms with E-state index in [9.17, 15) is 0 Å². The monoisotopic (exact) mass is 373 g/mol. The van der Waals surface area contributed by atoms with Crippen LogP contribution in [0.3, 0.4) is 0 Å². The van der Waals surface area contributed by atoms with Gasteiger partial charge < -0.3 is 23.0 Å². The fourth-order valence-corrected chi connectivity index (χ4v) is 5.26. The zero-order valence-corrected chi connectivity index (χ0v) is 16.6. The normalized spacial score (nSPS) is 18.2. The van der Waals surface area contributed by atoms with Crippen molar-refractivity contribution in [3.63, 3.8) is 0 Å². The molecule has 3 rings (SSSR count). The maximum Gasteiger partial charge on any atom is 0.679 e. The number of nitrogens with one attached hydrogen (secondary N) is 1. The highest BCUT2D eigenvalue weighted by Crippen LogP contribution is 2.42. The summed E-state index contributed by atoms with van der Waals surface area (Å²) in [5, 5.41) is 3.62. The highest BCUT2D eigenvalue weighted by Gasteiger charge is 2.55. The van der Waals surface area contributed by atoms with Crippen LogP contribution in [0.1, 0.15) is 24.0 Å². The SMILES string of the molecule is CO[Si](OC)(OC)OC(c1ccccc1)(c1ccccc1)[C@H]1CCCN1. The van der Waals surface area contributed by atoms with Gasteiger partial charge in [0.25, 0.3) is 0 Å². The smallest absolute Gasteiger partial charge is 0.355 e. The first-order valence-electron chi connectivity index (χ1n) is 8.91. The van der Waals surface area contributed by atoms with Gasteiger partial charge in [-0.25, -0.2) is 0 Å². The molecule has 1 aliphatic rings. The molecule has 0 amide bonds. The van der Waals surface area contributed by atoms with Crippen molar-refractivity contribution in [2.24, 2.45) is 0 Å². The number of hydrogen-bond donors (Lipinski definition) is 1. The maximum absolute atomic E-state index is 6.74. The highest BCUT2D eigenvalue weighted by molar-refractivity contribution is 6.53. The van der Waals surface area contributed by atoms with Crippen LogP contribution in [0.2, 0.25) is 0 Å². The zero-order valence-electron chi connectivity index (χ0n) is 15.6. The Balaban J connectivity index is 2.21. The van der Waals surface area contributed by atoms with Crippen molar-refractivity contribution in [3.8, 4) is 0 Å². The van der Waals surface area contributed by atoms with Crippen LogP contribution in [0.4, 0.5) is 0 Å². The maximum atomic E-state index is 6.74. The van der Waals surface area contributed by atoms with Crippen LogP contribution >= 0.6 is 0 Å². The molecule has 0 unspecified atom stereocenters. The summed E-state index contributed by atoms with van der Waals surface area (Å²) in [4.78, 5) is 0. The van der Waals surface area contributed by atoms with Crippen LogP contribution in [0.25, 0.3) is 0 Å². The Morgan fingerprint density at radius 3 is 1.73 bits per heavy atom. The van der Waals surface area contributed by atoms with Crippen molar-refractivity contribution in [1.82, 2.24) is 5.32 Å². The van der Waals surface area contributed by atoms with Crippen molar-refractivity contribution in [1.29, 1.82) is 0 Å². The lowest BCUT2D eigenvalue weighted by atomic mass is 9.79. The summed E-state index contributed by atoms with van der Waals surface area (Å²) in [6.45, 7) is 0.955. The average Bonchev–Trinajstić information content (AvgIpc) is 3.26. The molecule has 0 aromatic heterocycles. The Labute approximate surface area is 156 Å². The summed E-state index contributed by atoms with van der Waals surface area (Å²) in [6.07, 6.45) is 2.09. The van der Waals surface area contributed by atoms with Gasteiger partial charge in [-0.05, 0) is 30.5 Å². The summed E-state index contributed by atoms with van der Waals surface area (Å²) < 4.78 is 23.7. The van der Waals surface area contributed by atoms with E-state index in [-0.39, 0.29) is 6.04 Å². The third kappa shape index (κ3) is 3.49. The van der Waals surface area contributed by atoms with E-state index in [0.717, 1.165) is 30.5 Å². The van der Waals surface area contributed by atoms with Crippen LogP contribution in [0.15, 0.2) is 60.7 Å². The first-order chi connectivity index (χ1) is 12.7. The minimum absolute atomic E-state index is 0.0830. The van der Waals surface area contributed by atoms with Crippen LogP contribution in [0, 0.1) is 0 Å². The molecule has 26 heavy (non-hydrogen) atoms. The molecule has 0 saturated carbocycles. The summed E-state index contributed by atoms with van der Waals surface area (Å²) in [6, 6.07) is 20.6. The van der Waals surface area contributed by atoms with E-state index in [4.69, 9.17) is 17.7 Å². The average molecular weight is 374 g/mol. The molecule has 1 N–H and O–H groups in total. The second-order valence-corrected chi connectivity index (χ2v) is 8.76. The molecule has 0 aliphatic carbocycles. The molecule has 0 bridgehead atoms. The topological polar surface area (TPSA) is 49.0 Å². The minimum atomic E-state index is -3.33. The van der Waals surface area contributed by atoms with E-state index in [1.165, 1.54) is 0 Å². The van der Waals surface area contributed by atoms with Gasteiger partial charge in [-0.1, -0.05) is 60.7 Å². The molecule has 2 aromatic carbocycles. The van der Waals surface area contributed by atoms with Gasteiger partial charge in [-0.2, -0.15) is 0 Å². The second-order valence-electron chi connectivity index (χ2n) is 6.33. The Hall–Kier alpha value is -1.54. The standard InChI is InChI=1S/C20H27NO4Si/c1-22-26(23-2,24-3)25-20(19-15-10-16-21-19,17-11-6-4-7-12-17)18-13-8-5-9-14-18/h4-9,11-14,19,21H,10,15-16H2,1-3H3/t19-/m1/s1. The Kier molecular flexibility index (Phi) is 6.23. The van der Waals surface area contributed by atoms with Crippen molar-refractivity contribution in [3.05, 3.63) is 71.8 Å². The molecule has 0 spiro atoms. The fourth-order valence-electron chi connectivity index (χ4n) is 3.73. The molecule has 1 saturated heterocycles. The molecule has 1 atom stereocenters. The van der Waals surface area contributed by atoms with Crippen molar-refractivity contribution < 1.29 is 17.7 Å². The molecule has 1 aliphatic heterocycles. The Morgan fingerprint density at radius 1 is 0.846 bits per heavy atom. The predicted octanol–water partition coefficient (Wildman–Crippen LogP) is 3.07. The van der Waals surface area contributed by atoms with Gasteiger partial charge in [0.2, 0.25) is 0 Å². The van der Waals surface area contributed by atoms with Gasteiger partial charge in [0.1, 0.15) is 5.60 Å². The van der Waals surface area contributed by atoms with E-state index in [1.807, 2.05) is 36.4 Å². The van der Waals surface area contributed by atoms with Gasteiger partial charge in [-0.3, -0.25) is 0 Å². The molecule has 1 heterocycles. The third-order valence-corrected chi connectivity index (χ3v) is 7.06. The molecule has 5 nitrogen and oxygen atoms in total. The number of rotatable bonds is 8. The van der Waals surface area contributed by atoms with E-state index < -0.39 is 14.6 Å². The Morgan fingerprint density at radius 2 is 1.35 bits per heavy atom. The molecule has 140 valence electrons. The first-order valence-corrected chi connectivity index (χ1v) is 10.5. The number of hydrogen-bond acceptors (Lipinski definition) is 5. The van der Waals surface area contributed by atoms with Crippen molar-refractivity contribution in [2.75, 3.05) is 27.9 Å². The van der Waals surface area contributed by atoms with Crippen LogP contribution in [-0.2, 0) is 23.3 Å². The summed E-state index contributed by atoms with van der Waals surface area (Å²) in [5.74, 6) is 0. The van der Waals surface area contributed by atoms with Crippen LogP contribution < -0.4 is 5.32 Å². The highest BCUT2D eigenvalue weighted by atomic mass is 28.4. The third-order valence-electron chi connectivity index (χ3n) is 4.99. The fraction of sp³-hybridized carbons (Fsp3) is 0.400. The lowest BCUT2D eigenvalue weighted by Crippen LogP contribution is -2.58. The zero-order chi connectivity index (χ0) is 18.5. The van der Waals surface area contributed by atoms with Crippen LogP contribution in [0.5, 0.6) is 0 Å². The van der Waals surface area contributed by atoms with E-state index in [2.05, 4.69) is 29.6 Å². The summed E-state index contributed by atoms with van der Waals surface area (Å²) >= 11 is 0. The van der Waals surface area contributed by atoms with Gasteiger partial charge in [-0.15, -0.1) is 0 Å². The lowest BCUT2D eigenvalue weighted by Gasteiger charge is -2.43. The molecule has 0 radical (unpaired) electrons. The molecule has 1 fully saturated rings. The summed E-state index contributed by atoms with van der Waals surface area (Å²) in [7, 11) is 1.39. The van der Waals surface area contributed by atoms with E-state index in [1.54, 1.807) is 21.3 Å².